The number of ether oxygens (including phenoxy) is 2. The van der Waals surface area contributed by atoms with Crippen molar-refractivity contribution in [3.63, 3.8) is 0 Å². The van der Waals surface area contributed by atoms with Crippen molar-refractivity contribution < 1.29 is 19.0 Å². The van der Waals surface area contributed by atoms with Crippen LogP contribution in [0.3, 0.4) is 0 Å². The summed E-state index contributed by atoms with van der Waals surface area (Å²) in [6, 6.07) is 6.52. The fraction of sp³-hybridized carbons (Fsp3) is 0.571. The van der Waals surface area contributed by atoms with E-state index in [0.29, 0.717) is 5.56 Å². The normalized spacial score (nSPS) is 30.1. The molecule has 0 aromatic heterocycles. The average Bonchev–Trinajstić information content (AvgIpc) is 2.98. The van der Waals surface area contributed by atoms with Crippen molar-refractivity contribution in [3.05, 3.63) is 35.6 Å². The van der Waals surface area contributed by atoms with Crippen LogP contribution in [0, 0.1) is 5.82 Å². The zero-order valence-electron chi connectivity index (χ0n) is 10.1. The van der Waals surface area contributed by atoms with Crippen molar-refractivity contribution in [1.82, 2.24) is 0 Å². The third kappa shape index (κ3) is 1.94. The van der Waals surface area contributed by atoms with Crippen molar-refractivity contribution >= 4 is 0 Å². The predicted molar refractivity (Wildman–Crippen MR) is 63.4 cm³/mol. The Morgan fingerprint density at radius 3 is 2.61 bits per heavy atom. The molecular weight excluding hydrogens is 235 g/mol. The van der Waals surface area contributed by atoms with Gasteiger partial charge in [0.1, 0.15) is 18.0 Å². The maximum Gasteiger partial charge on any atom is 0.169 e. The van der Waals surface area contributed by atoms with Crippen LogP contribution < -0.4 is 0 Å². The summed E-state index contributed by atoms with van der Waals surface area (Å²) in [5.74, 6) is -0.903. The second-order valence-corrected chi connectivity index (χ2v) is 5.02. The van der Waals surface area contributed by atoms with E-state index in [4.69, 9.17) is 9.47 Å². The van der Waals surface area contributed by atoms with E-state index >= 15 is 0 Å². The first-order valence-corrected chi connectivity index (χ1v) is 6.45. The minimum Gasteiger partial charge on any atom is -0.394 e. The number of aliphatic hydroxyl groups excluding tert-OH is 1. The maximum absolute atomic E-state index is 13.8. The highest BCUT2D eigenvalue weighted by atomic mass is 19.1. The molecule has 2 aliphatic rings. The van der Waals surface area contributed by atoms with Crippen LogP contribution in [0.4, 0.5) is 4.39 Å². The van der Waals surface area contributed by atoms with Crippen LogP contribution in [0.15, 0.2) is 24.3 Å². The third-order valence-corrected chi connectivity index (χ3v) is 3.80. The predicted octanol–water partition coefficient (Wildman–Crippen LogP) is 2.54. The minimum absolute atomic E-state index is 0.152. The number of hydrogen-bond acceptors (Lipinski definition) is 3. The van der Waals surface area contributed by atoms with E-state index < -0.39 is 18.0 Å². The van der Waals surface area contributed by atoms with Crippen molar-refractivity contribution in [1.29, 1.82) is 0 Å². The van der Waals surface area contributed by atoms with Crippen LogP contribution in [-0.4, -0.2) is 23.6 Å². The molecule has 1 aromatic rings. The number of halogens is 1. The van der Waals surface area contributed by atoms with Gasteiger partial charge in [0.15, 0.2) is 5.79 Å². The van der Waals surface area contributed by atoms with E-state index in [9.17, 15) is 9.50 Å². The van der Waals surface area contributed by atoms with E-state index in [1.165, 1.54) is 6.07 Å². The summed E-state index contributed by atoms with van der Waals surface area (Å²) in [7, 11) is 0. The number of hydrogen-bond donors (Lipinski definition) is 1. The standard InChI is InChI=1S/C14H17FO3/c15-11-6-2-1-5-10(11)13-12(9-16)17-14(18-13)7-3-4-8-14/h1-2,5-6,12-13,16H,3-4,7-9H2/t12-,13-/m0/s1. The second kappa shape index (κ2) is 4.61. The van der Waals surface area contributed by atoms with E-state index in [1.807, 2.05) is 0 Å². The summed E-state index contributed by atoms with van der Waals surface area (Å²) in [6.07, 6.45) is 2.79. The number of benzene rings is 1. The Morgan fingerprint density at radius 2 is 1.94 bits per heavy atom. The van der Waals surface area contributed by atoms with Gasteiger partial charge in [-0.1, -0.05) is 18.2 Å². The molecule has 98 valence electrons. The molecular formula is C14H17FO3. The molecule has 1 saturated carbocycles. The first-order chi connectivity index (χ1) is 8.74. The topological polar surface area (TPSA) is 38.7 Å². The Hall–Kier alpha value is -0.970. The summed E-state index contributed by atoms with van der Waals surface area (Å²) in [4.78, 5) is 0. The molecule has 2 fully saturated rings. The monoisotopic (exact) mass is 252 g/mol. The molecule has 2 atom stereocenters. The Labute approximate surface area is 106 Å². The molecule has 1 aliphatic carbocycles. The molecule has 3 nitrogen and oxygen atoms in total. The highest BCUT2D eigenvalue weighted by Gasteiger charge is 2.49. The van der Waals surface area contributed by atoms with Gasteiger partial charge in [-0.2, -0.15) is 0 Å². The Bertz CT molecular complexity index is 429. The molecule has 0 bridgehead atoms. The molecule has 1 aromatic carbocycles. The van der Waals surface area contributed by atoms with Gasteiger partial charge < -0.3 is 14.6 Å². The van der Waals surface area contributed by atoms with Crippen LogP contribution in [0.5, 0.6) is 0 Å². The fourth-order valence-electron chi connectivity index (χ4n) is 2.92. The molecule has 1 N–H and O–H groups in total. The summed E-state index contributed by atoms with van der Waals surface area (Å²) >= 11 is 0. The van der Waals surface area contributed by atoms with Gasteiger partial charge in [-0.15, -0.1) is 0 Å². The maximum atomic E-state index is 13.8. The van der Waals surface area contributed by atoms with Crippen molar-refractivity contribution in [2.24, 2.45) is 0 Å². The lowest BCUT2D eigenvalue weighted by atomic mass is 10.0. The average molecular weight is 252 g/mol. The zero-order valence-corrected chi connectivity index (χ0v) is 10.1. The first-order valence-electron chi connectivity index (χ1n) is 6.45. The molecule has 4 heteroatoms. The molecule has 0 amide bonds. The van der Waals surface area contributed by atoms with Gasteiger partial charge >= 0.3 is 0 Å². The highest BCUT2D eigenvalue weighted by molar-refractivity contribution is 5.22. The zero-order chi connectivity index (χ0) is 12.6. The number of aliphatic hydroxyl groups is 1. The van der Waals surface area contributed by atoms with Gasteiger partial charge in [0, 0.05) is 18.4 Å². The van der Waals surface area contributed by atoms with Crippen LogP contribution in [0.25, 0.3) is 0 Å². The highest BCUT2D eigenvalue weighted by Crippen LogP contribution is 2.47. The van der Waals surface area contributed by atoms with Gasteiger partial charge in [0.25, 0.3) is 0 Å². The lowest BCUT2D eigenvalue weighted by Gasteiger charge is -2.22. The molecule has 1 spiro atoms. The van der Waals surface area contributed by atoms with Crippen molar-refractivity contribution in [3.8, 4) is 0 Å². The SMILES string of the molecule is OC[C@@H]1OC2(CCCC2)O[C@H]1c1ccccc1F. The van der Waals surface area contributed by atoms with Gasteiger partial charge in [-0.25, -0.2) is 4.39 Å². The molecule has 0 radical (unpaired) electrons. The third-order valence-electron chi connectivity index (χ3n) is 3.80. The lowest BCUT2D eigenvalue weighted by molar-refractivity contribution is -0.172. The largest absolute Gasteiger partial charge is 0.394 e. The van der Waals surface area contributed by atoms with E-state index in [0.717, 1.165) is 25.7 Å². The first kappa shape index (κ1) is 12.1. The van der Waals surface area contributed by atoms with E-state index in [2.05, 4.69) is 0 Å². The Kier molecular flexibility index (Phi) is 3.09. The molecule has 0 unspecified atom stereocenters. The summed E-state index contributed by atoms with van der Waals surface area (Å²) in [6.45, 7) is -0.152. The summed E-state index contributed by atoms with van der Waals surface area (Å²) in [5.41, 5.74) is 0.473. The summed E-state index contributed by atoms with van der Waals surface area (Å²) in [5, 5.41) is 9.40. The second-order valence-electron chi connectivity index (χ2n) is 5.02. The van der Waals surface area contributed by atoms with Gasteiger partial charge in [-0.05, 0) is 18.9 Å². The van der Waals surface area contributed by atoms with Gasteiger partial charge in [0.05, 0.1) is 6.61 Å². The van der Waals surface area contributed by atoms with E-state index in [1.54, 1.807) is 18.2 Å². The molecule has 1 aliphatic heterocycles. The lowest BCUT2D eigenvalue weighted by Crippen LogP contribution is -2.27. The molecule has 1 heterocycles. The van der Waals surface area contributed by atoms with Crippen molar-refractivity contribution in [2.45, 2.75) is 43.7 Å². The Balaban J connectivity index is 1.89. The van der Waals surface area contributed by atoms with E-state index in [-0.39, 0.29) is 12.4 Å². The van der Waals surface area contributed by atoms with Gasteiger partial charge in [-0.3, -0.25) is 0 Å². The van der Waals surface area contributed by atoms with Crippen LogP contribution in [0.2, 0.25) is 0 Å². The smallest absolute Gasteiger partial charge is 0.169 e. The minimum atomic E-state index is -0.597. The molecule has 18 heavy (non-hydrogen) atoms. The van der Waals surface area contributed by atoms with Crippen LogP contribution in [0.1, 0.15) is 37.4 Å². The van der Waals surface area contributed by atoms with Gasteiger partial charge in [0.2, 0.25) is 0 Å². The van der Waals surface area contributed by atoms with Crippen LogP contribution >= 0.6 is 0 Å². The Morgan fingerprint density at radius 1 is 1.22 bits per heavy atom. The fourth-order valence-corrected chi connectivity index (χ4v) is 2.92. The number of rotatable bonds is 2. The quantitative estimate of drug-likeness (QED) is 0.879. The summed E-state index contributed by atoms with van der Waals surface area (Å²) < 4.78 is 25.6. The molecule has 3 rings (SSSR count). The van der Waals surface area contributed by atoms with Crippen molar-refractivity contribution in [2.75, 3.05) is 6.61 Å². The van der Waals surface area contributed by atoms with Crippen LogP contribution in [-0.2, 0) is 9.47 Å². The molecule has 1 saturated heterocycles.